The third kappa shape index (κ3) is 19.0. The molecule has 8 nitrogen and oxygen atoms in total. The molecule has 0 aliphatic carbocycles. The highest BCUT2D eigenvalue weighted by Gasteiger charge is 2.22. The third-order valence-electron chi connectivity index (χ3n) is 4.65. The normalized spacial score (nSPS) is 14.3. The predicted molar refractivity (Wildman–Crippen MR) is 121 cm³/mol. The lowest BCUT2D eigenvalue weighted by atomic mass is 10.0. The van der Waals surface area contributed by atoms with Gasteiger partial charge in [0.1, 0.15) is 0 Å². The van der Waals surface area contributed by atoms with Gasteiger partial charge in [-0.3, -0.25) is 4.79 Å². The Labute approximate surface area is 187 Å². The highest BCUT2D eigenvalue weighted by atomic mass is 19.1. The maximum absolute atomic E-state index is 12.8. The molecule has 0 spiro atoms. The first-order valence-electron chi connectivity index (χ1n) is 11.2. The minimum atomic E-state index is -0.909. The van der Waals surface area contributed by atoms with Gasteiger partial charge in [0.2, 0.25) is 5.91 Å². The van der Waals surface area contributed by atoms with Crippen molar-refractivity contribution in [2.75, 3.05) is 26.7 Å². The Morgan fingerprint density at radius 2 is 1.77 bits per heavy atom. The van der Waals surface area contributed by atoms with Crippen molar-refractivity contribution < 1.29 is 23.6 Å². The first-order valence-corrected chi connectivity index (χ1v) is 11.2. The van der Waals surface area contributed by atoms with Gasteiger partial charge in [-0.05, 0) is 67.2 Å². The first-order chi connectivity index (χ1) is 14.2. The Morgan fingerprint density at radius 3 is 2.35 bits per heavy atom. The van der Waals surface area contributed by atoms with Crippen LogP contribution < -0.4 is 16.4 Å². The molecule has 0 radical (unpaired) electrons. The van der Waals surface area contributed by atoms with Crippen molar-refractivity contribution in [1.29, 1.82) is 0 Å². The molecule has 31 heavy (non-hydrogen) atoms. The Morgan fingerprint density at radius 1 is 1.13 bits per heavy atom. The monoisotopic (exact) mass is 448 g/mol. The molecule has 0 aromatic carbocycles. The second-order valence-electron chi connectivity index (χ2n) is 9.71. The summed E-state index contributed by atoms with van der Waals surface area (Å²) in [7, 11) is 1.70. The van der Waals surface area contributed by atoms with Gasteiger partial charge in [-0.25, -0.2) is 9.18 Å². The van der Waals surface area contributed by atoms with Crippen LogP contribution in [0, 0.1) is 0 Å². The molecule has 2 unspecified atom stereocenters. The van der Waals surface area contributed by atoms with Crippen LogP contribution in [0.2, 0.25) is 0 Å². The number of hydrogen-bond donors (Lipinski definition) is 3. The third-order valence-corrected chi connectivity index (χ3v) is 4.65. The molecule has 0 bridgehead atoms. The molecule has 0 aromatic heterocycles. The van der Waals surface area contributed by atoms with E-state index in [1.807, 2.05) is 34.6 Å². The minimum absolute atomic E-state index is 0.0345. The van der Waals surface area contributed by atoms with Crippen molar-refractivity contribution in [2.45, 2.75) is 103 Å². The van der Waals surface area contributed by atoms with Gasteiger partial charge in [0.05, 0.1) is 24.8 Å². The van der Waals surface area contributed by atoms with E-state index < -0.39 is 17.9 Å². The van der Waals surface area contributed by atoms with Gasteiger partial charge >= 0.3 is 6.09 Å². The number of alkyl halides is 1. The van der Waals surface area contributed by atoms with Crippen LogP contribution >= 0.6 is 0 Å². The fourth-order valence-electron chi connectivity index (χ4n) is 2.73. The zero-order chi connectivity index (χ0) is 24.1. The molecule has 2 atom stereocenters. The van der Waals surface area contributed by atoms with E-state index in [-0.39, 0.29) is 23.9 Å². The maximum atomic E-state index is 12.8. The van der Waals surface area contributed by atoms with Crippen LogP contribution in [0.5, 0.6) is 0 Å². The molecule has 0 aliphatic rings. The lowest BCUT2D eigenvalue weighted by molar-refractivity contribution is -0.127. The van der Waals surface area contributed by atoms with Crippen LogP contribution in [0.1, 0.15) is 80.1 Å². The van der Waals surface area contributed by atoms with Gasteiger partial charge in [-0.15, -0.1) is 5.06 Å². The van der Waals surface area contributed by atoms with E-state index in [0.717, 1.165) is 19.3 Å². The highest BCUT2D eigenvalue weighted by Crippen LogP contribution is 2.15. The average Bonchev–Trinajstić information content (AvgIpc) is 2.57. The summed E-state index contributed by atoms with van der Waals surface area (Å²) in [6, 6.07) is -0.0345. The van der Waals surface area contributed by atoms with Crippen LogP contribution in [0.15, 0.2) is 0 Å². The number of hydroxylamine groups is 2. The molecule has 2 amide bonds. The number of carbonyl (C=O) groups is 2. The second-order valence-corrected chi connectivity index (χ2v) is 9.71. The van der Waals surface area contributed by atoms with Gasteiger partial charge < -0.3 is 25.9 Å². The molecule has 0 heterocycles. The van der Waals surface area contributed by atoms with E-state index >= 15 is 0 Å². The summed E-state index contributed by atoms with van der Waals surface area (Å²) in [5.74, 6) is -0.0863. The van der Waals surface area contributed by atoms with Gasteiger partial charge in [0.15, 0.2) is 0 Å². The first kappa shape index (κ1) is 29.5. The van der Waals surface area contributed by atoms with Crippen molar-refractivity contribution >= 4 is 12.0 Å². The summed E-state index contributed by atoms with van der Waals surface area (Å²) in [6.07, 6.45) is 2.31. The van der Waals surface area contributed by atoms with Crippen LogP contribution in [0.4, 0.5) is 9.18 Å². The van der Waals surface area contributed by atoms with Crippen molar-refractivity contribution in [3.63, 3.8) is 0 Å². The SMILES string of the molecule is CC(F)CCOC(C)(C)CC(=O)NCCCCC(C)NC(=O)ON(C)CCC(C)(C)N. The molecular weight excluding hydrogens is 403 g/mol. The number of amides is 2. The smallest absolute Gasteiger partial charge is 0.375 e. The van der Waals surface area contributed by atoms with E-state index in [4.69, 9.17) is 15.3 Å². The number of nitrogens with one attached hydrogen (secondary N) is 2. The molecule has 0 saturated heterocycles. The van der Waals surface area contributed by atoms with Crippen molar-refractivity contribution in [2.24, 2.45) is 5.73 Å². The van der Waals surface area contributed by atoms with Gasteiger partial charge in [0.25, 0.3) is 0 Å². The predicted octanol–water partition coefficient (Wildman–Crippen LogP) is 3.30. The van der Waals surface area contributed by atoms with Gasteiger partial charge in [-0.2, -0.15) is 0 Å². The van der Waals surface area contributed by atoms with Crippen molar-refractivity contribution in [1.82, 2.24) is 15.7 Å². The van der Waals surface area contributed by atoms with Crippen LogP contribution in [0.3, 0.4) is 0 Å². The van der Waals surface area contributed by atoms with E-state index in [0.29, 0.717) is 32.5 Å². The minimum Gasteiger partial charge on any atom is -0.375 e. The zero-order valence-electron chi connectivity index (χ0n) is 20.6. The fraction of sp³-hybridized carbons (Fsp3) is 0.909. The van der Waals surface area contributed by atoms with E-state index in [9.17, 15) is 14.0 Å². The summed E-state index contributed by atoms with van der Waals surface area (Å²) < 4.78 is 18.4. The molecule has 0 fully saturated rings. The molecule has 0 aliphatic heterocycles. The summed E-state index contributed by atoms with van der Waals surface area (Å²) in [4.78, 5) is 29.2. The van der Waals surface area contributed by atoms with E-state index in [2.05, 4.69) is 10.6 Å². The average molecular weight is 449 g/mol. The number of nitrogens with two attached hydrogens (primary N) is 1. The van der Waals surface area contributed by atoms with Crippen LogP contribution in [-0.2, 0) is 14.4 Å². The number of unbranched alkanes of at least 4 members (excludes halogenated alkanes) is 1. The van der Waals surface area contributed by atoms with Gasteiger partial charge in [0, 0.05) is 38.1 Å². The van der Waals surface area contributed by atoms with Crippen LogP contribution in [0.25, 0.3) is 0 Å². The Balaban J connectivity index is 3.89. The topological polar surface area (TPSA) is 106 Å². The summed E-state index contributed by atoms with van der Waals surface area (Å²) in [6.45, 7) is 12.3. The molecule has 0 saturated carbocycles. The molecule has 4 N–H and O–H groups in total. The number of nitrogens with zero attached hydrogens (tertiary/aromatic N) is 1. The summed E-state index contributed by atoms with van der Waals surface area (Å²) >= 11 is 0. The quantitative estimate of drug-likeness (QED) is 0.247. The molecule has 0 rings (SSSR count). The largest absolute Gasteiger partial charge is 0.426 e. The van der Waals surface area contributed by atoms with E-state index in [1.165, 1.54) is 12.0 Å². The highest BCUT2D eigenvalue weighted by molar-refractivity contribution is 5.76. The number of hydrogen-bond acceptors (Lipinski definition) is 6. The van der Waals surface area contributed by atoms with Gasteiger partial charge in [-0.1, -0.05) is 0 Å². The van der Waals surface area contributed by atoms with Crippen molar-refractivity contribution in [3.05, 3.63) is 0 Å². The number of halogens is 1. The van der Waals surface area contributed by atoms with E-state index in [1.54, 1.807) is 7.05 Å². The summed E-state index contributed by atoms with van der Waals surface area (Å²) in [5.41, 5.74) is 4.99. The second kappa shape index (κ2) is 14.6. The standard InChI is InChI=1S/C22H45FN4O4/c1-17(23)11-15-30-22(5,6)16-19(28)25-13-9-8-10-18(2)26-20(29)31-27(7)14-12-21(3,4)24/h17-18H,8-16,24H2,1-7H3,(H,25,28)(H,26,29). The lowest BCUT2D eigenvalue weighted by Gasteiger charge is -2.25. The molecule has 184 valence electrons. The number of ether oxygens (including phenoxy) is 1. The Kier molecular flexibility index (Phi) is 13.9. The van der Waals surface area contributed by atoms with Crippen LogP contribution in [-0.4, -0.2) is 67.2 Å². The molecular formula is C22H45FN4O4. The van der Waals surface area contributed by atoms with Crippen molar-refractivity contribution in [3.8, 4) is 0 Å². The Bertz CT molecular complexity index is 524. The molecule has 0 aromatic rings. The molecule has 9 heteroatoms. The Hall–Kier alpha value is -1.45. The lowest BCUT2D eigenvalue weighted by Crippen LogP contribution is -2.40. The summed E-state index contributed by atoms with van der Waals surface area (Å²) in [5, 5.41) is 7.17. The number of rotatable bonds is 16. The zero-order valence-corrected chi connectivity index (χ0v) is 20.6. The number of carbonyl (C=O) groups excluding carboxylic acids is 2. The maximum Gasteiger partial charge on any atom is 0.426 e. The fourth-order valence-corrected chi connectivity index (χ4v) is 2.73.